The van der Waals surface area contributed by atoms with Gasteiger partial charge in [0.15, 0.2) is 0 Å². The summed E-state index contributed by atoms with van der Waals surface area (Å²) in [6.45, 7) is 1.96. The van der Waals surface area contributed by atoms with Gasteiger partial charge in [-0.05, 0) is 41.8 Å². The Morgan fingerprint density at radius 2 is 1.59 bits per heavy atom. The van der Waals surface area contributed by atoms with E-state index in [1.54, 1.807) is 19.3 Å². The molecular formula is C22H24O5. The Morgan fingerprint density at radius 3 is 2.07 bits per heavy atom. The molecule has 0 saturated heterocycles. The van der Waals surface area contributed by atoms with Gasteiger partial charge in [-0.1, -0.05) is 55.8 Å². The topological polar surface area (TPSA) is 83.8 Å². The van der Waals surface area contributed by atoms with Gasteiger partial charge in [0.2, 0.25) is 0 Å². The van der Waals surface area contributed by atoms with Crippen molar-refractivity contribution < 1.29 is 24.5 Å². The quantitative estimate of drug-likeness (QED) is 0.689. The summed E-state index contributed by atoms with van der Waals surface area (Å²) in [7, 11) is 1.60. The summed E-state index contributed by atoms with van der Waals surface area (Å²) in [5, 5.41) is 17.3. The molecule has 0 atom stereocenters. The zero-order chi connectivity index (χ0) is 20.1. The minimum atomic E-state index is -0.922. The molecule has 0 aliphatic carbocycles. The molecule has 142 valence electrons. The van der Waals surface area contributed by atoms with E-state index >= 15 is 0 Å². The Kier molecular flexibility index (Phi) is 9.71. The van der Waals surface area contributed by atoms with Crippen molar-refractivity contribution in [3.05, 3.63) is 77.4 Å². The molecule has 0 fully saturated rings. The smallest absolute Gasteiger partial charge is 0.331 e. The van der Waals surface area contributed by atoms with Crippen molar-refractivity contribution in [2.75, 3.05) is 7.11 Å². The van der Waals surface area contributed by atoms with E-state index < -0.39 is 11.9 Å². The number of rotatable bonds is 7. The third kappa shape index (κ3) is 9.07. The molecule has 0 radical (unpaired) electrons. The third-order valence-corrected chi connectivity index (χ3v) is 3.47. The van der Waals surface area contributed by atoms with E-state index in [4.69, 9.17) is 14.9 Å². The van der Waals surface area contributed by atoms with E-state index in [1.165, 1.54) is 0 Å². The van der Waals surface area contributed by atoms with Crippen LogP contribution in [-0.4, -0.2) is 29.3 Å². The number of carboxylic acid groups (broad SMARTS) is 2. The number of methoxy groups -OCH3 is 1. The van der Waals surface area contributed by atoms with Crippen LogP contribution in [0.4, 0.5) is 0 Å². The van der Waals surface area contributed by atoms with Crippen molar-refractivity contribution >= 4 is 24.1 Å². The molecule has 0 saturated carbocycles. The molecule has 2 rings (SSSR count). The number of ether oxygens (including phenoxy) is 1. The van der Waals surface area contributed by atoms with Crippen LogP contribution in [0.5, 0.6) is 5.75 Å². The van der Waals surface area contributed by atoms with Gasteiger partial charge < -0.3 is 14.9 Å². The largest absolute Gasteiger partial charge is 0.497 e. The third-order valence-electron chi connectivity index (χ3n) is 3.47. The number of hydrogen-bond donors (Lipinski definition) is 2. The Morgan fingerprint density at radius 1 is 0.963 bits per heavy atom. The van der Waals surface area contributed by atoms with Crippen molar-refractivity contribution in [1.29, 1.82) is 0 Å². The van der Waals surface area contributed by atoms with Crippen molar-refractivity contribution in [1.82, 2.24) is 0 Å². The van der Waals surface area contributed by atoms with E-state index in [0.717, 1.165) is 29.4 Å². The highest BCUT2D eigenvalue weighted by Gasteiger charge is 2.05. The fraction of sp³-hybridized carbons (Fsp3) is 0.182. The lowest BCUT2D eigenvalue weighted by molar-refractivity contribution is -0.133. The molecule has 5 heteroatoms. The minimum Gasteiger partial charge on any atom is -0.497 e. The first-order valence-corrected chi connectivity index (χ1v) is 8.50. The Balaban J connectivity index is 0.000000289. The monoisotopic (exact) mass is 368 g/mol. The van der Waals surface area contributed by atoms with Gasteiger partial charge in [-0.3, -0.25) is 0 Å². The van der Waals surface area contributed by atoms with E-state index in [9.17, 15) is 9.59 Å². The summed E-state index contributed by atoms with van der Waals surface area (Å²) in [4.78, 5) is 21.0. The normalized spacial score (nSPS) is 10.8. The summed E-state index contributed by atoms with van der Waals surface area (Å²) < 4.78 is 5.03. The van der Waals surface area contributed by atoms with E-state index in [-0.39, 0.29) is 0 Å². The first-order valence-electron chi connectivity index (χ1n) is 8.50. The van der Waals surface area contributed by atoms with Crippen LogP contribution in [0, 0.1) is 0 Å². The number of carbonyl (C=O) groups is 2. The Hall–Kier alpha value is -3.34. The molecule has 0 aliphatic heterocycles. The molecule has 2 aromatic carbocycles. The molecule has 0 aromatic heterocycles. The maximum atomic E-state index is 10.9. The van der Waals surface area contributed by atoms with E-state index in [1.807, 2.05) is 61.5 Å². The van der Waals surface area contributed by atoms with E-state index in [2.05, 4.69) is 0 Å². The van der Waals surface area contributed by atoms with Gasteiger partial charge >= 0.3 is 11.9 Å². The van der Waals surface area contributed by atoms with Crippen molar-refractivity contribution in [3.8, 4) is 5.75 Å². The summed E-state index contributed by atoms with van der Waals surface area (Å²) in [5.41, 5.74) is 2.22. The predicted molar refractivity (Wildman–Crippen MR) is 107 cm³/mol. The van der Waals surface area contributed by atoms with Gasteiger partial charge in [0, 0.05) is 11.6 Å². The second-order valence-corrected chi connectivity index (χ2v) is 5.58. The zero-order valence-electron chi connectivity index (χ0n) is 15.5. The number of carboxylic acids is 2. The highest BCUT2D eigenvalue weighted by molar-refractivity contribution is 5.92. The molecule has 2 aromatic rings. The lowest BCUT2D eigenvalue weighted by Gasteiger charge is -2.02. The van der Waals surface area contributed by atoms with Crippen molar-refractivity contribution in [3.63, 3.8) is 0 Å². The van der Waals surface area contributed by atoms with Crippen LogP contribution in [0.2, 0.25) is 0 Å². The second-order valence-electron chi connectivity index (χ2n) is 5.58. The van der Waals surface area contributed by atoms with Crippen LogP contribution >= 0.6 is 0 Å². The molecule has 0 heterocycles. The predicted octanol–water partition coefficient (Wildman–Crippen LogP) is 4.75. The molecule has 0 aliphatic rings. The van der Waals surface area contributed by atoms with Crippen LogP contribution in [0.1, 0.15) is 30.9 Å². The van der Waals surface area contributed by atoms with Crippen LogP contribution in [0.3, 0.4) is 0 Å². The van der Waals surface area contributed by atoms with Crippen LogP contribution in [0.15, 0.2) is 66.2 Å². The number of benzene rings is 2. The van der Waals surface area contributed by atoms with Crippen LogP contribution < -0.4 is 4.74 Å². The number of hydrogen-bond acceptors (Lipinski definition) is 3. The van der Waals surface area contributed by atoms with Gasteiger partial charge in [-0.25, -0.2) is 9.59 Å². The minimum absolute atomic E-state index is 0.438. The van der Waals surface area contributed by atoms with Gasteiger partial charge in [0.05, 0.1) is 7.11 Å². The summed E-state index contributed by atoms with van der Waals surface area (Å²) in [5.74, 6) is -1.00. The molecule has 0 unspecified atom stereocenters. The second kappa shape index (κ2) is 12.1. The lowest BCUT2D eigenvalue weighted by Crippen LogP contribution is -1.99. The van der Waals surface area contributed by atoms with Gasteiger partial charge in [-0.15, -0.1) is 0 Å². The highest BCUT2D eigenvalue weighted by atomic mass is 16.5. The molecule has 0 spiro atoms. The SMILES string of the molecule is CCCC(=Cc1ccc(OC)cc1)C(=O)O.O=C(O)C=Cc1ccccc1. The maximum Gasteiger partial charge on any atom is 0.331 e. The number of aliphatic carboxylic acids is 2. The van der Waals surface area contributed by atoms with Gasteiger partial charge in [0.25, 0.3) is 0 Å². The fourth-order valence-corrected chi connectivity index (χ4v) is 2.14. The molecule has 27 heavy (non-hydrogen) atoms. The molecular weight excluding hydrogens is 344 g/mol. The van der Waals surface area contributed by atoms with Crippen LogP contribution in [-0.2, 0) is 9.59 Å². The summed E-state index contributed by atoms with van der Waals surface area (Å²) in [6.07, 6.45) is 5.79. The Bertz CT molecular complexity index is 774. The van der Waals surface area contributed by atoms with Gasteiger partial charge in [0.1, 0.15) is 5.75 Å². The maximum absolute atomic E-state index is 10.9. The average molecular weight is 368 g/mol. The Labute approximate surface area is 159 Å². The molecule has 2 N–H and O–H groups in total. The summed E-state index contributed by atoms with van der Waals surface area (Å²) in [6, 6.07) is 16.6. The first-order chi connectivity index (χ1) is 13.0. The molecule has 5 nitrogen and oxygen atoms in total. The summed E-state index contributed by atoms with van der Waals surface area (Å²) >= 11 is 0. The standard InChI is InChI=1S/C13H16O3.C9H8O2/c1-3-4-11(13(14)15)9-10-5-7-12(16-2)8-6-10;10-9(11)7-6-8-4-2-1-3-5-8/h5-9H,3-4H2,1-2H3,(H,14,15);1-7H,(H,10,11). The van der Waals surface area contributed by atoms with Crippen molar-refractivity contribution in [2.24, 2.45) is 0 Å². The average Bonchev–Trinajstić information content (AvgIpc) is 2.68. The van der Waals surface area contributed by atoms with E-state index in [0.29, 0.717) is 12.0 Å². The van der Waals surface area contributed by atoms with Crippen molar-refractivity contribution in [2.45, 2.75) is 19.8 Å². The first kappa shape index (κ1) is 21.7. The highest BCUT2D eigenvalue weighted by Crippen LogP contribution is 2.16. The van der Waals surface area contributed by atoms with Gasteiger partial charge in [-0.2, -0.15) is 0 Å². The van der Waals surface area contributed by atoms with Crippen LogP contribution in [0.25, 0.3) is 12.2 Å². The molecule has 0 bridgehead atoms. The zero-order valence-corrected chi connectivity index (χ0v) is 15.5. The lowest BCUT2D eigenvalue weighted by atomic mass is 10.1. The molecule has 0 amide bonds. The fourth-order valence-electron chi connectivity index (χ4n) is 2.14.